The molecule has 0 saturated heterocycles. The highest BCUT2D eigenvalue weighted by atomic mass is 32.2. The number of amides is 1. The van der Waals surface area contributed by atoms with Crippen molar-refractivity contribution >= 4 is 15.9 Å². The smallest absolute Gasteiger partial charge is 0.330 e. The van der Waals surface area contributed by atoms with Gasteiger partial charge in [-0.3, -0.25) is 4.79 Å². The fraction of sp³-hybridized carbons (Fsp3) is 0.364. The zero-order valence-electron chi connectivity index (χ0n) is 10.8. The molecule has 0 unspecified atom stereocenters. The Morgan fingerprint density at radius 3 is 2.33 bits per heavy atom. The summed E-state index contributed by atoms with van der Waals surface area (Å²) in [4.78, 5) is 11.7. The molecule has 1 amide bonds. The summed E-state index contributed by atoms with van der Waals surface area (Å²) >= 11 is 0. The second kappa shape index (κ2) is 5.98. The number of carbonyl (C=O) groups excluding carboxylic acids is 1. The lowest BCUT2D eigenvalue weighted by Crippen LogP contribution is -2.39. The van der Waals surface area contributed by atoms with E-state index >= 15 is 0 Å². The van der Waals surface area contributed by atoms with Crippen molar-refractivity contribution in [2.24, 2.45) is 5.14 Å². The van der Waals surface area contributed by atoms with Crippen LogP contribution >= 0.6 is 0 Å². The van der Waals surface area contributed by atoms with Gasteiger partial charge in [-0.15, -0.1) is 0 Å². The van der Waals surface area contributed by atoms with Gasteiger partial charge < -0.3 is 4.90 Å². The lowest BCUT2D eigenvalue weighted by Gasteiger charge is -2.22. The Bertz CT molecular complexity index is 643. The molecular weight excluding hydrogens is 316 g/mol. The number of nitrogens with zero attached hydrogens (tertiary/aromatic N) is 1. The van der Waals surface area contributed by atoms with Crippen LogP contribution < -0.4 is 5.14 Å². The van der Waals surface area contributed by atoms with Gasteiger partial charge in [0, 0.05) is 6.54 Å². The molecule has 0 aliphatic rings. The van der Waals surface area contributed by atoms with E-state index in [2.05, 4.69) is 0 Å². The molecular formula is C11H12F4N2O3S. The normalized spacial score (nSPS) is 12.3. The van der Waals surface area contributed by atoms with Gasteiger partial charge in [-0.2, -0.15) is 13.2 Å². The van der Waals surface area contributed by atoms with Crippen LogP contribution in [0.2, 0.25) is 0 Å². The fourth-order valence-electron chi connectivity index (χ4n) is 1.56. The first-order valence-corrected chi connectivity index (χ1v) is 7.18. The van der Waals surface area contributed by atoms with E-state index in [1.807, 2.05) is 0 Å². The molecule has 2 N–H and O–H groups in total. The Morgan fingerprint density at radius 2 is 1.90 bits per heavy atom. The quantitative estimate of drug-likeness (QED) is 0.851. The topological polar surface area (TPSA) is 80.5 Å². The van der Waals surface area contributed by atoms with Crippen molar-refractivity contribution < 1.29 is 30.8 Å². The summed E-state index contributed by atoms with van der Waals surface area (Å²) < 4.78 is 72.9. The lowest BCUT2D eigenvalue weighted by atomic mass is 10.2. The van der Waals surface area contributed by atoms with Gasteiger partial charge in [0.2, 0.25) is 10.0 Å². The van der Waals surface area contributed by atoms with Crippen molar-refractivity contribution in [1.82, 2.24) is 4.90 Å². The van der Waals surface area contributed by atoms with Crippen LogP contribution in [0.4, 0.5) is 17.6 Å². The summed E-state index contributed by atoms with van der Waals surface area (Å²) in [6.07, 6.45) is -4.65. The number of carbonyl (C=O) groups is 1. The zero-order valence-corrected chi connectivity index (χ0v) is 11.6. The zero-order chi connectivity index (χ0) is 16.4. The number of sulfonamides is 1. The van der Waals surface area contributed by atoms with Crippen LogP contribution in [-0.2, 0) is 10.0 Å². The second-order valence-electron chi connectivity index (χ2n) is 4.12. The molecule has 0 aliphatic carbocycles. The number of hydrogen-bond donors (Lipinski definition) is 1. The standard InChI is InChI=1S/C11H12F4N2O3S/c1-2-17(6-11(13,14)15)10(18)8-5-7(21(16,19)20)3-4-9(8)12/h3-5H,2,6H2,1H3,(H2,16,19,20). The van der Waals surface area contributed by atoms with E-state index in [1.165, 1.54) is 6.92 Å². The highest BCUT2D eigenvalue weighted by molar-refractivity contribution is 7.89. The number of alkyl halides is 3. The van der Waals surface area contributed by atoms with E-state index < -0.39 is 44.9 Å². The molecule has 0 heterocycles. The molecule has 0 aromatic heterocycles. The summed E-state index contributed by atoms with van der Waals surface area (Å²) in [6, 6.07) is 2.10. The van der Waals surface area contributed by atoms with Crippen LogP contribution in [0.5, 0.6) is 0 Å². The van der Waals surface area contributed by atoms with Gasteiger partial charge in [-0.1, -0.05) is 0 Å². The SMILES string of the molecule is CCN(CC(F)(F)F)C(=O)c1cc(S(N)(=O)=O)ccc1F. The van der Waals surface area contributed by atoms with Crippen molar-refractivity contribution in [3.05, 3.63) is 29.6 Å². The number of nitrogens with two attached hydrogens (primary N) is 1. The van der Waals surface area contributed by atoms with Gasteiger partial charge in [-0.05, 0) is 25.1 Å². The summed E-state index contributed by atoms with van der Waals surface area (Å²) in [5.41, 5.74) is -0.785. The van der Waals surface area contributed by atoms with Crippen LogP contribution in [0.25, 0.3) is 0 Å². The van der Waals surface area contributed by atoms with E-state index in [1.54, 1.807) is 0 Å². The Morgan fingerprint density at radius 1 is 1.33 bits per heavy atom. The molecule has 10 heteroatoms. The molecule has 0 aliphatic heterocycles. The van der Waals surface area contributed by atoms with Gasteiger partial charge in [0.25, 0.3) is 5.91 Å². The molecule has 0 saturated carbocycles. The van der Waals surface area contributed by atoms with Crippen molar-refractivity contribution in [3.8, 4) is 0 Å². The van der Waals surface area contributed by atoms with Crippen LogP contribution in [0, 0.1) is 5.82 Å². The van der Waals surface area contributed by atoms with Gasteiger partial charge in [0.05, 0.1) is 10.5 Å². The molecule has 5 nitrogen and oxygen atoms in total. The Labute approximate surface area is 118 Å². The van der Waals surface area contributed by atoms with Gasteiger partial charge >= 0.3 is 6.18 Å². The van der Waals surface area contributed by atoms with Crippen LogP contribution in [0.15, 0.2) is 23.1 Å². The van der Waals surface area contributed by atoms with E-state index in [0.29, 0.717) is 17.0 Å². The van der Waals surface area contributed by atoms with Crippen molar-refractivity contribution in [2.45, 2.75) is 18.0 Å². The van der Waals surface area contributed by atoms with Crippen molar-refractivity contribution in [2.75, 3.05) is 13.1 Å². The summed E-state index contributed by atoms with van der Waals surface area (Å²) in [6.45, 7) is -0.607. The molecule has 118 valence electrons. The number of primary sulfonamides is 1. The second-order valence-corrected chi connectivity index (χ2v) is 5.68. The maximum Gasteiger partial charge on any atom is 0.406 e. The lowest BCUT2D eigenvalue weighted by molar-refractivity contribution is -0.140. The number of hydrogen-bond acceptors (Lipinski definition) is 3. The third kappa shape index (κ3) is 4.67. The van der Waals surface area contributed by atoms with Gasteiger partial charge in [0.1, 0.15) is 12.4 Å². The molecule has 0 atom stereocenters. The number of benzene rings is 1. The largest absolute Gasteiger partial charge is 0.406 e. The molecule has 1 aromatic rings. The molecule has 0 fully saturated rings. The van der Waals surface area contributed by atoms with E-state index in [-0.39, 0.29) is 6.54 Å². The highest BCUT2D eigenvalue weighted by Crippen LogP contribution is 2.20. The molecule has 0 spiro atoms. The predicted octanol–water partition coefficient (Wildman–Crippen LogP) is 1.50. The Balaban J connectivity index is 3.22. The van der Waals surface area contributed by atoms with Gasteiger partial charge in [0.15, 0.2) is 0 Å². The first-order chi connectivity index (χ1) is 9.45. The first kappa shape index (κ1) is 17.4. The molecule has 0 bridgehead atoms. The minimum atomic E-state index is -4.65. The first-order valence-electron chi connectivity index (χ1n) is 5.64. The predicted molar refractivity (Wildman–Crippen MR) is 65.4 cm³/mol. The Kier molecular flexibility index (Phi) is 4.95. The molecule has 1 rings (SSSR count). The minimum absolute atomic E-state index is 0.322. The third-order valence-electron chi connectivity index (χ3n) is 2.54. The molecule has 0 radical (unpaired) electrons. The van der Waals surface area contributed by atoms with E-state index in [9.17, 15) is 30.8 Å². The van der Waals surface area contributed by atoms with Crippen LogP contribution in [0.3, 0.4) is 0 Å². The summed E-state index contributed by atoms with van der Waals surface area (Å²) in [7, 11) is -4.20. The average molecular weight is 328 g/mol. The van der Waals surface area contributed by atoms with E-state index in [0.717, 1.165) is 6.07 Å². The van der Waals surface area contributed by atoms with E-state index in [4.69, 9.17) is 5.14 Å². The summed E-state index contributed by atoms with van der Waals surface area (Å²) in [5, 5.41) is 4.83. The monoisotopic (exact) mass is 328 g/mol. The average Bonchev–Trinajstić information content (AvgIpc) is 2.33. The van der Waals surface area contributed by atoms with Gasteiger partial charge in [-0.25, -0.2) is 17.9 Å². The van der Waals surface area contributed by atoms with Crippen molar-refractivity contribution in [3.63, 3.8) is 0 Å². The molecule has 21 heavy (non-hydrogen) atoms. The Hall–Kier alpha value is -1.68. The highest BCUT2D eigenvalue weighted by Gasteiger charge is 2.33. The number of halogens is 4. The minimum Gasteiger partial charge on any atom is -0.330 e. The number of rotatable bonds is 4. The van der Waals surface area contributed by atoms with Crippen LogP contribution in [0.1, 0.15) is 17.3 Å². The summed E-state index contributed by atoms with van der Waals surface area (Å²) in [5.74, 6) is -2.40. The third-order valence-corrected chi connectivity index (χ3v) is 3.45. The fourth-order valence-corrected chi connectivity index (χ4v) is 2.10. The van der Waals surface area contributed by atoms with Crippen LogP contribution in [-0.4, -0.2) is 38.5 Å². The maximum atomic E-state index is 13.6. The maximum absolute atomic E-state index is 13.6. The van der Waals surface area contributed by atoms with Crippen molar-refractivity contribution in [1.29, 1.82) is 0 Å². The molecule has 1 aromatic carbocycles.